The molecule has 0 aromatic heterocycles. The topological polar surface area (TPSA) is 108 Å². The van der Waals surface area contributed by atoms with Crippen molar-refractivity contribution < 1.29 is 22.7 Å². The maximum absolute atomic E-state index is 12.4. The zero-order valence-corrected chi connectivity index (χ0v) is 14.7. The molecule has 3 rings (SSSR count). The van der Waals surface area contributed by atoms with E-state index in [9.17, 15) is 18.0 Å². The van der Waals surface area contributed by atoms with Crippen molar-refractivity contribution in [2.24, 2.45) is 4.40 Å². The molecule has 0 aliphatic carbocycles. The third-order valence-electron chi connectivity index (χ3n) is 4.13. The van der Waals surface area contributed by atoms with Gasteiger partial charge in [0.25, 0.3) is 15.9 Å². The highest BCUT2D eigenvalue weighted by molar-refractivity contribution is 7.90. The fourth-order valence-electron chi connectivity index (χ4n) is 2.73. The summed E-state index contributed by atoms with van der Waals surface area (Å²) in [5.74, 6) is -0.344. The van der Waals surface area contributed by atoms with Crippen molar-refractivity contribution in [2.45, 2.75) is 13.0 Å². The van der Waals surface area contributed by atoms with Crippen molar-refractivity contribution in [3.05, 3.63) is 23.9 Å². The Labute approximate surface area is 146 Å². The summed E-state index contributed by atoms with van der Waals surface area (Å²) in [6, 6.07) is -0.656. The third kappa shape index (κ3) is 4.07. The van der Waals surface area contributed by atoms with Crippen LogP contribution in [-0.2, 0) is 24.3 Å². The maximum atomic E-state index is 12.4. The Balaban J connectivity index is 1.63. The summed E-state index contributed by atoms with van der Waals surface area (Å²) >= 11 is 0. The van der Waals surface area contributed by atoms with E-state index in [1.54, 1.807) is 22.9 Å². The minimum Gasteiger partial charge on any atom is -0.378 e. The molecule has 136 valence electrons. The lowest BCUT2D eigenvalue weighted by Gasteiger charge is -2.30. The van der Waals surface area contributed by atoms with Crippen LogP contribution >= 0.6 is 0 Å². The lowest BCUT2D eigenvalue weighted by molar-refractivity contribution is -0.138. The van der Waals surface area contributed by atoms with Crippen molar-refractivity contribution in [2.75, 3.05) is 38.6 Å². The summed E-state index contributed by atoms with van der Waals surface area (Å²) < 4.78 is 31.9. The highest BCUT2D eigenvalue weighted by atomic mass is 32.2. The first kappa shape index (κ1) is 17.6. The minimum absolute atomic E-state index is 0.0956. The Bertz CT molecular complexity index is 765. The zero-order valence-electron chi connectivity index (χ0n) is 13.8. The maximum Gasteiger partial charge on any atom is 0.256 e. The van der Waals surface area contributed by atoms with Crippen molar-refractivity contribution in [1.29, 1.82) is 0 Å². The number of amidine groups is 1. The number of ether oxygens (including phenoxy) is 1. The highest BCUT2D eigenvalue weighted by Crippen LogP contribution is 2.16. The number of hydrogen-bond donors (Lipinski definition) is 1. The summed E-state index contributed by atoms with van der Waals surface area (Å²) in [6.07, 6.45) is 4.53. The fourth-order valence-corrected chi connectivity index (χ4v) is 3.70. The molecule has 10 heteroatoms. The van der Waals surface area contributed by atoms with Gasteiger partial charge in [-0.15, -0.1) is 4.40 Å². The smallest absolute Gasteiger partial charge is 0.256 e. The number of carbonyl (C=O) groups excluding carboxylic acids is 2. The molecule has 0 saturated carbocycles. The number of sulfonamides is 1. The predicted octanol–water partition coefficient (Wildman–Crippen LogP) is -1.15. The van der Waals surface area contributed by atoms with Gasteiger partial charge >= 0.3 is 0 Å². The largest absolute Gasteiger partial charge is 0.378 e. The van der Waals surface area contributed by atoms with Gasteiger partial charge in [-0.1, -0.05) is 0 Å². The first-order chi connectivity index (χ1) is 11.9. The summed E-state index contributed by atoms with van der Waals surface area (Å²) in [6.45, 7) is 3.92. The van der Waals surface area contributed by atoms with Gasteiger partial charge in [-0.3, -0.25) is 9.59 Å². The molecule has 1 unspecified atom stereocenters. The molecule has 1 N–H and O–H groups in total. The Hall–Kier alpha value is -2.20. The first-order valence-corrected chi connectivity index (χ1v) is 9.63. The van der Waals surface area contributed by atoms with Crippen LogP contribution in [0.15, 0.2) is 28.3 Å². The van der Waals surface area contributed by atoms with Crippen LogP contribution in [0, 0.1) is 0 Å². The lowest BCUT2D eigenvalue weighted by Crippen LogP contribution is -2.50. The summed E-state index contributed by atoms with van der Waals surface area (Å²) in [4.78, 5) is 28.0. The summed E-state index contributed by atoms with van der Waals surface area (Å²) in [5, 5.41) is 2.68. The van der Waals surface area contributed by atoms with Crippen LogP contribution in [0.1, 0.15) is 6.92 Å². The van der Waals surface area contributed by atoms with Gasteiger partial charge in [0.05, 0.1) is 24.5 Å². The molecule has 2 amide bonds. The zero-order chi connectivity index (χ0) is 18.0. The Morgan fingerprint density at radius 1 is 1.24 bits per heavy atom. The van der Waals surface area contributed by atoms with Gasteiger partial charge in [-0.2, -0.15) is 0 Å². The quantitative estimate of drug-likeness (QED) is 0.674. The number of carbonyl (C=O) groups is 2. The van der Waals surface area contributed by atoms with E-state index in [1.807, 2.05) is 0 Å². The molecule has 3 heterocycles. The summed E-state index contributed by atoms with van der Waals surface area (Å²) in [5.41, 5.74) is 0.347. The van der Waals surface area contributed by atoms with E-state index in [0.29, 0.717) is 37.7 Å². The van der Waals surface area contributed by atoms with Crippen LogP contribution in [0.2, 0.25) is 0 Å². The molecule has 0 bridgehead atoms. The minimum atomic E-state index is -3.43. The van der Waals surface area contributed by atoms with Crippen molar-refractivity contribution in [1.82, 2.24) is 15.1 Å². The van der Waals surface area contributed by atoms with Gasteiger partial charge in [-0.05, 0) is 19.1 Å². The van der Waals surface area contributed by atoms with Gasteiger partial charge in [-0.25, -0.2) is 8.42 Å². The van der Waals surface area contributed by atoms with Gasteiger partial charge in [0.2, 0.25) is 5.91 Å². The number of morpholine rings is 1. The molecule has 0 radical (unpaired) electrons. The molecular weight excluding hydrogens is 348 g/mol. The molecule has 25 heavy (non-hydrogen) atoms. The van der Waals surface area contributed by atoms with E-state index in [4.69, 9.17) is 4.74 Å². The van der Waals surface area contributed by atoms with Crippen LogP contribution in [0.3, 0.4) is 0 Å². The van der Waals surface area contributed by atoms with E-state index < -0.39 is 22.0 Å². The molecule has 0 aromatic rings. The van der Waals surface area contributed by atoms with Gasteiger partial charge in [0, 0.05) is 25.8 Å². The molecule has 9 nitrogen and oxygen atoms in total. The van der Waals surface area contributed by atoms with E-state index >= 15 is 0 Å². The fraction of sp³-hybridized carbons (Fsp3) is 0.533. The standard InChI is InChI=1S/C15H20N4O5S/c1-11(15(21)18-4-7-24-8-5-18)16-14(20)12-2-3-13-17-25(22,23)9-6-19(13)10-12/h2-3,10-11H,4-9H2,1H3,(H,16,20). The monoisotopic (exact) mass is 368 g/mol. The first-order valence-electron chi connectivity index (χ1n) is 8.02. The van der Waals surface area contributed by atoms with Gasteiger partial charge < -0.3 is 19.9 Å². The van der Waals surface area contributed by atoms with Crippen molar-refractivity contribution in [3.63, 3.8) is 0 Å². The van der Waals surface area contributed by atoms with E-state index in [2.05, 4.69) is 9.71 Å². The van der Waals surface area contributed by atoms with Gasteiger partial charge in [0.1, 0.15) is 11.9 Å². The second kappa shape index (κ2) is 6.96. The number of fused-ring (bicyclic) bond motifs is 1. The van der Waals surface area contributed by atoms with Crippen LogP contribution < -0.4 is 5.32 Å². The number of nitrogens with one attached hydrogen (secondary N) is 1. The second-order valence-electron chi connectivity index (χ2n) is 5.98. The molecule has 1 saturated heterocycles. The Morgan fingerprint density at radius 3 is 2.68 bits per heavy atom. The van der Waals surface area contributed by atoms with Crippen molar-refractivity contribution >= 4 is 27.7 Å². The second-order valence-corrected chi connectivity index (χ2v) is 7.73. The Kier molecular flexibility index (Phi) is 4.91. The number of amides is 2. The van der Waals surface area contributed by atoms with E-state index in [1.165, 1.54) is 12.2 Å². The van der Waals surface area contributed by atoms with Crippen LogP contribution in [-0.4, -0.2) is 80.5 Å². The molecule has 0 spiro atoms. The average Bonchev–Trinajstić information content (AvgIpc) is 2.60. The number of rotatable bonds is 3. The van der Waals surface area contributed by atoms with Crippen LogP contribution in [0.25, 0.3) is 0 Å². The number of nitrogens with zero attached hydrogens (tertiary/aromatic N) is 3. The van der Waals surface area contributed by atoms with Gasteiger partial charge in [0.15, 0.2) is 0 Å². The lowest BCUT2D eigenvalue weighted by atomic mass is 10.1. The third-order valence-corrected chi connectivity index (χ3v) is 5.29. The van der Waals surface area contributed by atoms with Crippen LogP contribution in [0.4, 0.5) is 0 Å². The predicted molar refractivity (Wildman–Crippen MR) is 90.2 cm³/mol. The Morgan fingerprint density at radius 2 is 1.96 bits per heavy atom. The normalized spacial score (nSPS) is 23.2. The number of hydrogen-bond acceptors (Lipinski definition) is 6. The molecular formula is C15H20N4O5S. The highest BCUT2D eigenvalue weighted by Gasteiger charge is 2.27. The SMILES string of the molecule is CC(NC(=O)C1=CN2CCS(=O)(=O)N=C2C=C1)C(=O)N1CCOCC1. The molecule has 1 atom stereocenters. The van der Waals surface area contributed by atoms with Crippen molar-refractivity contribution in [3.8, 4) is 0 Å². The molecule has 3 aliphatic rings. The molecule has 1 fully saturated rings. The van der Waals surface area contributed by atoms with E-state index in [0.717, 1.165) is 0 Å². The van der Waals surface area contributed by atoms with E-state index in [-0.39, 0.29) is 18.2 Å². The summed E-state index contributed by atoms with van der Waals surface area (Å²) in [7, 11) is -3.43. The molecule has 3 aliphatic heterocycles. The molecule has 0 aromatic carbocycles. The average molecular weight is 368 g/mol. The van der Waals surface area contributed by atoms with Crippen LogP contribution in [0.5, 0.6) is 0 Å².